The van der Waals surface area contributed by atoms with Crippen LogP contribution in [-0.2, 0) is 0 Å². The molecular weight excluding hydrogens is 340 g/mol. The highest BCUT2D eigenvalue weighted by atomic mass is 79.9. The van der Waals surface area contributed by atoms with Gasteiger partial charge in [0, 0.05) is 4.47 Å². The molecule has 0 bridgehead atoms. The summed E-state index contributed by atoms with van der Waals surface area (Å²) in [5, 5.41) is 0.413. The largest absolute Gasteiger partial charge is 0.421 e. The molecule has 0 aliphatic carbocycles. The van der Waals surface area contributed by atoms with Crippen LogP contribution in [0.1, 0.15) is 27.0 Å². The summed E-state index contributed by atoms with van der Waals surface area (Å²) < 4.78 is 6.31. The lowest BCUT2D eigenvalue weighted by Gasteiger charge is -2.11. The van der Waals surface area contributed by atoms with Crippen LogP contribution in [0.25, 0.3) is 0 Å². The van der Waals surface area contributed by atoms with E-state index in [2.05, 4.69) is 15.9 Å². The number of rotatable bonds is 2. The number of ether oxygens (including phenoxy) is 1. The molecule has 0 radical (unpaired) electrons. The minimum Gasteiger partial charge on any atom is -0.421 e. The minimum atomic E-state index is -0.390. The zero-order chi connectivity index (χ0) is 14.9. The highest BCUT2D eigenvalue weighted by Gasteiger charge is 2.16. The van der Waals surface area contributed by atoms with Crippen LogP contribution in [-0.4, -0.2) is 5.97 Å². The number of aryl methyl sites for hydroxylation is 3. The van der Waals surface area contributed by atoms with Crippen LogP contribution in [0, 0.1) is 20.8 Å². The van der Waals surface area contributed by atoms with Crippen LogP contribution in [0.3, 0.4) is 0 Å². The number of benzene rings is 2. The second-order valence-electron chi connectivity index (χ2n) is 4.74. The van der Waals surface area contributed by atoms with Gasteiger partial charge in [-0.25, -0.2) is 4.79 Å². The van der Waals surface area contributed by atoms with Gasteiger partial charge in [0.15, 0.2) is 5.75 Å². The van der Waals surface area contributed by atoms with Crippen molar-refractivity contribution in [1.82, 2.24) is 0 Å². The molecule has 0 aliphatic rings. The van der Waals surface area contributed by atoms with Gasteiger partial charge in [0.1, 0.15) is 0 Å². The molecule has 0 saturated carbocycles. The molecule has 0 N–H and O–H groups in total. The van der Waals surface area contributed by atoms with Gasteiger partial charge >= 0.3 is 5.97 Å². The Kier molecular flexibility index (Phi) is 4.51. The molecule has 4 heteroatoms. The van der Waals surface area contributed by atoms with Gasteiger partial charge < -0.3 is 4.74 Å². The van der Waals surface area contributed by atoms with Gasteiger partial charge in [-0.1, -0.05) is 45.2 Å². The molecule has 2 aromatic carbocycles. The lowest BCUT2D eigenvalue weighted by Crippen LogP contribution is -2.11. The standard InChI is InChI=1S/C16H14BrClO2/c1-9-4-5-10(2)13(6-9)16(19)20-15-11(3)7-12(17)8-14(15)18/h4-8H,1-3H3. The predicted molar refractivity (Wildman–Crippen MR) is 84.8 cm³/mol. The molecule has 2 aromatic rings. The summed E-state index contributed by atoms with van der Waals surface area (Å²) in [6.07, 6.45) is 0. The maximum atomic E-state index is 12.3. The van der Waals surface area contributed by atoms with Gasteiger partial charge in [-0.3, -0.25) is 0 Å². The van der Waals surface area contributed by atoms with E-state index in [0.29, 0.717) is 16.3 Å². The minimum absolute atomic E-state index is 0.390. The molecule has 0 aromatic heterocycles. The van der Waals surface area contributed by atoms with Crippen LogP contribution >= 0.6 is 27.5 Å². The smallest absolute Gasteiger partial charge is 0.343 e. The number of esters is 1. The predicted octanol–water partition coefficient (Wildman–Crippen LogP) is 5.25. The quantitative estimate of drug-likeness (QED) is 0.544. The Balaban J connectivity index is 2.35. The molecule has 0 atom stereocenters. The third-order valence-electron chi connectivity index (χ3n) is 3.00. The number of hydrogen-bond donors (Lipinski definition) is 0. The van der Waals surface area contributed by atoms with Crippen molar-refractivity contribution in [3.63, 3.8) is 0 Å². The SMILES string of the molecule is Cc1ccc(C)c(C(=O)Oc2c(C)cc(Br)cc2Cl)c1. The molecule has 20 heavy (non-hydrogen) atoms. The van der Waals surface area contributed by atoms with E-state index in [1.165, 1.54) is 0 Å². The van der Waals surface area contributed by atoms with Gasteiger partial charge in [0.05, 0.1) is 10.6 Å². The number of hydrogen-bond acceptors (Lipinski definition) is 2. The van der Waals surface area contributed by atoms with Gasteiger partial charge in [0.25, 0.3) is 0 Å². The van der Waals surface area contributed by atoms with Gasteiger partial charge in [-0.2, -0.15) is 0 Å². The molecule has 2 nitrogen and oxygen atoms in total. The van der Waals surface area contributed by atoms with Crippen molar-refractivity contribution >= 4 is 33.5 Å². The average Bonchev–Trinajstić information content (AvgIpc) is 2.36. The number of carbonyl (C=O) groups is 1. The topological polar surface area (TPSA) is 26.3 Å². The maximum Gasteiger partial charge on any atom is 0.343 e. The van der Waals surface area contributed by atoms with Crippen molar-refractivity contribution in [2.75, 3.05) is 0 Å². The molecule has 0 aliphatic heterocycles. The molecule has 2 rings (SSSR count). The lowest BCUT2D eigenvalue weighted by molar-refractivity contribution is 0.0733. The van der Waals surface area contributed by atoms with E-state index >= 15 is 0 Å². The fraction of sp³-hybridized carbons (Fsp3) is 0.188. The first-order valence-corrected chi connectivity index (χ1v) is 7.30. The summed E-state index contributed by atoms with van der Waals surface area (Å²) in [6.45, 7) is 5.67. The fourth-order valence-electron chi connectivity index (χ4n) is 1.92. The average molecular weight is 354 g/mol. The molecule has 104 valence electrons. The third kappa shape index (κ3) is 3.22. The zero-order valence-corrected chi connectivity index (χ0v) is 13.8. The summed E-state index contributed by atoms with van der Waals surface area (Å²) in [6, 6.07) is 9.25. The third-order valence-corrected chi connectivity index (χ3v) is 3.74. The normalized spacial score (nSPS) is 10.4. The van der Waals surface area contributed by atoms with Crippen molar-refractivity contribution < 1.29 is 9.53 Å². The van der Waals surface area contributed by atoms with E-state index < -0.39 is 5.97 Å². The number of carbonyl (C=O) groups excluding carboxylic acids is 1. The highest BCUT2D eigenvalue weighted by Crippen LogP contribution is 2.32. The van der Waals surface area contributed by atoms with E-state index in [1.807, 2.05) is 45.0 Å². The molecular formula is C16H14BrClO2. The Labute approximate surface area is 131 Å². The fourth-order valence-corrected chi connectivity index (χ4v) is 2.93. The second-order valence-corrected chi connectivity index (χ2v) is 6.06. The van der Waals surface area contributed by atoms with Gasteiger partial charge in [0.2, 0.25) is 0 Å². The summed E-state index contributed by atoms with van der Waals surface area (Å²) in [4.78, 5) is 12.3. The van der Waals surface area contributed by atoms with Crippen molar-refractivity contribution in [1.29, 1.82) is 0 Å². The Morgan fingerprint density at radius 3 is 2.45 bits per heavy atom. The lowest BCUT2D eigenvalue weighted by atomic mass is 10.1. The van der Waals surface area contributed by atoms with E-state index in [9.17, 15) is 4.79 Å². The summed E-state index contributed by atoms with van der Waals surface area (Å²) in [5.74, 6) is 0.0132. The summed E-state index contributed by atoms with van der Waals surface area (Å²) in [7, 11) is 0. The van der Waals surface area contributed by atoms with E-state index in [1.54, 1.807) is 6.07 Å². The molecule has 0 unspecified atom stereocenters. The number of halogens is 2. The van der Waals surface area contributed by atoms with Crippen molar-refractivity contribution in [2.24, 2.45) is 0 Å². The van der Waals surface area contributed by atoms with Crippen molar-refractivity contribution in [3.8, 4) is 5.75 Å². The first-order chi connectivity index (χ1) is 9.38. The monoisotopic (exact) mass is 352 g/mol. The summed E-state index contributed by atoms with van der Waals surface area (Å²) >= 11 is 9.48. The molecule has 0 fully saturated rings. The van der Waals surface area contributed by atoms with Crippen LogP contribution in [0.15, 0.2) is 34.8 Å². The maximum absolute atomic E-state index is 12.3. The van der Waals surface area contributed by atoms with Gasteiger partial charge in [-0.15, -0.1) is 0 Å². The first-order valence-electron chi connectivity index (χ1n) is 6.13. The van der Waals surface area contributed by atoms with Crippen LogP contribution in [0.4, 0.5) is 0 Å². The van der Waals surface area contributed by atoms with Crippen molar-refractivity contribution in [2.45, 2.75) is 20.8 Å². The van der Waals surface area contributed by atoms with E-state index in [4.69, 9.17) is 16.3 Å². The van der Waals surface area contributed by atoms with E-state index in [0.717, 1.165) is 21.2 Å². The molecule has 0 spiro atoms. The van der Waals surface area contributed by atoms with E-state index in [-0.39, 0.29) is 0 Å². The Morgan fingerprint density at radius 1 is 1.10 bits per heavy atom. The highest BCUT2D eigenvalue weighted by molar-refractivity contribution is 9.10. The molecule has 0 saturated heterocycles. The van der Waals surface area contributed by atoms with Crippen LogP contribution in [0.5, 0.6) is 5.75 Å². The molecule has 0 amide bonds. The van der Waals surface area contributed by atoms with Crippen molar-refractivity contribution in [3.05, 3.63) is 62.1 Å². The van der Waals surface area contributed by atoms with Crippen LogP contribution in [0.2, 0.25) is 5.02 Å². The Morgan fingerprint density at radius 2 is 1.80 bits per heavy atom. The second kappa shape index (κ2) is 5.98. The van der Waals surface area contributed by atoms with Gasteiger partial charge in [-0.05, 0) is 50.1 Å². The Hall–Kier alpha value is -1.32. The zero-order valence-electron chi connectivity index (χ0n) is 11.5. The van der Waals surface area contributed by atoms with Crippen LogP contribution < -0.4 is 4.74 Å². The Bertz CT molecular complexity index is 657. The molecule has 0 heterocycles. The summed E-state index contributed by atoms with van der Waals surface area (Å²) in [5.41, 5.74) is 3.26. The first kappa shape index (κ1) is 15.1.